The smallest absolute Gasteiger partial charge is 0.286 e. The molecule has 2 aromatic rings. The first-order chi connectivity index (χ1) is 10.1. The SMILES string of the molecule is CS(=O)(=O)O.Cc1cc(C)c([I+]c2ccccc2C)c(C)c1. The van der Waals surface area contributed by atoms with E-state index in [1.807, 2.05) is 0 Å². The molecule has 0 aromatic heterocycles. The van der Waals surface area contributed by atoms with Gasteiger partial charge in [0.25, 0.3) is 10.1 Å². The van der Waals surface area contributed by atoms with Crippen molar-refractivity contribution in [1.29, 1.82) is 0 Å². The summed E-state index contributed by atoms with van der Waals surface area (Å²) in [5, 5.41) is 0. The lowest BCUT2D eigenvalue weighted by atomic mass is 10.1. The van der Waals surface area contributed by atoms with E-state index < -0.39 is 10.1 Å². The van der Waals surface area contributed by atoms with Crippen molar-refractivity contribution < 1.29 is 34.2 Å². The maximum Gasteiger partial charge on any atom is 0.358 e. The van der Waals surface area contributed by atoms with Crippen LogP contribution >= 0.6 is 0 Å². The van der Waals surface area contributed by atoms with Crippen molar-refractivity contribution in [2.45, 2.75) is 27.7 Å². The molecule has 0 atom stereocenters. The third-order valence-corrected chi connectivity index (χ3v) is 6.89. The minimum absolute atomic E-state index is 0.0492. The summed E-state index contributed by atoms with van der Waals surface area (Å²) < 4.78 is 29.0. The Balaban J connectivity index is 0.000000422. The molecule has 0 fully saturated rings. The van der Waals surface area contributed by atoms with Gasteiger partial charge in [0, 0.05) is 16.7 Å². The van der Waals surface area contributed by atoms with Crippen molar-refractivity contribution in [2.24, 2.45) is 0 Å². The molecule has 0 saturated heterocycles. The van der Waals surface area contributed by atoms with Crippen LogP contribution in [0.15, 0.2) is 36.4 Å². The minimum Gasteiger partial charge on any atom is -0.286 e. The summed E-state index contributed by atoms with van der Waals surface area (Å²) in [6.07, 6.45) is 0.715. The number of benzene rings is 2. The number of halogens is 1. The molecule has 0 bridgehead atoms. The highest BCUT2D eigenvalue weighted by molar-refractivity contribution is 7.85. The number of rotatable bonds is 2. The number of hydrogen-bond acceptors (Lipinski definition) is 2. The highest BCUT2D eigenvalue weighted by atomic mass is 127. The van der Waals surface area contributed by atoms with Crippen molar-refractivity contribution in [1.82, 2.24) is 0 Å². The average Bonchev–Trinajstić information content (AvgIpc) is 2.33. The van der Waals surface area contributed by atoms with Gasteiger partial charge < -0.3 is 0 Å². The van der Waals surface area contributed by atoms with Crippen LogP contribution in [0.3, 0.4) is 0 Å². The molecule has 0 radical (unpaired) electrons. The van der Waals surface area contributed by atoms with Gasteiger partial charge in [-0.3, -0.25) is 4.55 Å². The van der Waals surface area contributed by atoms with Gasteiger partial charge in [0.05, 0.1) is 6.26 Å². The quantitative estimate of drug-likeness (QED) is 0.556. The van der Waals surface area contributed by atoms with Gasteiger partial charge in [-0.25, -0.2) is 0 Å². The van der Waals surface area contributed by atoms with E-state index in [2.05, 4.69) is 64.1 Å². The second kappa shape index (κ2) is 8.08. The molecule has 0 aliphatic carbocycles. The van der Waals surface area contributed by atoms with Gasteiger partial charge in [0.2, 0.25) is 0 Å². The standard InChI is InChI=1S/C16H18I.CH4O3S/c1-11-9-13(3)16(14(4)10-11)17-15-8-6-5-7-12(15)2;1-5(2,3)4/h5-10H,1-4H3;1H3,(H,2,3,4)/q+1;. The molecule has 0 heterocycles. The lowest BCUT2D eigenvalue weighted by molar-refractivity contribution is -0.599. The molecule has 0 spiro atoms. The zero-order valence-electron chi connectivity index (χ0n) is 13.5. The van der Waals surface area contributed by atoms with E-state index in [9.17, 15) is 8.42 Å². The van der Waals surface area contributed by atoms with Gasteiger partial charge in [0.1, 0.15) is 0 Å². The van der Waals surface area contributed by atoms with E-state index in [0.717, 1.165) is 0 Å². The fourth-order valence-corrected chi connectivity index (χ4v) is 4.81. The zero-order valence-corrected chi connectivity index (χ0v) is 16.5. The van der Waals surface area contributed by atoms with Crippen molar-refractivity contribution in [3.63, 3.8) is 0 Å². The van der Waals surface area contributed by atoms with Gasteiger partial charge in [-0.1, -0.05) is 35.9 Å². The summed E-state index contributed by atoms with van der Waals surface area (Å²) in [6.45, 7) is 8.88. The summed E-state index contributed by atoms with van der Waals surface area (Å²) in [7, 11) is -3.67. The van der Waals surface area contributed by atoms with E-state index >= 15 is 0 Å². The van der Waals surface area contributed by atoms with Crippen LogP contribution < -0.4 is 21.2 Å². The lowest BCUT2D eigenvalue weighted by Gasteiger charge is -2.01. The lowest BCUT2D eigenvalue weighted by Crippen LogP contribution is -3.62. The molecule has 0 aliphatic heterocycles. The Hall–Kier alpha value is -0.920. The Bertz CT molecular complexity index is 721. The summed E-state index contributed by atoms with van der Waals surface area (Å²) in [5.74, 6) is 0. The highest BCUT2D eigenvalue weighted by Crippen LogP contribution is 2.07. The third-order valence-electron chi connectivity index (χ3n) is 2.85. The molecule has 1 N–H and O–H groups in total. The van der Waals surface area contributed by atoms with Crippen LogP contribution in [-0.4, -0.2) is 19.2 Å². The molecule has 0 aliphatic rings. The van der Waals surface area contributed by atoms with Crippen LogP contribution in [0.5, 0.6) is 0 Å². The molecule has 5 heteroatoms. The molecule has 22 heavy (non-hydrogen) atoms. The maximum absolute atomic E-state index is 9.19. The van der Waals surface area contributed by atoms with Crippen LogP contribution in [-0.2, 0) is 10.1 Å². The van der Waals surface area contributed by atoms with Gasteiger partial charge in [0.15, 0.2) is 7.14 Å². The molecular formula is C17H22IO3S+. The first kappa shape index (κ1) is 19.1. The van der Waals surface area contributed by atoms with E-state index in [-0.39, 0.29) is 21.2 Å². The van der Waals surface area contributed by atoms with Gasteiger partial charge in [-0.05, 0) is 33.8 Å². The Morgan fingerprint density at radius 2 is 1.36 bits per heavy atom. The predicted molar refractivity (Wildman–Crippen MR) is 86.7 cm³/mol. The Morgan fingerprint density at radius 3 is 1.82 bits per heavy atom. The Morgan fingerprint density at radius 1 is 0.909 bits per heavy atom. The monoisotopic (exact) mass is 433 g/mol. The van der Waals surface area contributed by atoms with E-state index in [1.54, 1.807) is 7.14 Å². The van der Waals surface area contributed by atoms with E-state index in [4.69, 9.17) is 4.55 Å². The van der Waals surface area contributed by atoms with Crippen molar-refractivity contribution in [3.8, 4) is 0 Å². The van der Waals surface area contributed by atoms with Gasteiger partial charge in [-0.15, -0.1) is 0 Å². The first-order valence-corrected chi connectivity index (χ1v) is 10.8. The van der Waals surface area contributed by atoms with Crippen LogP contribution in [0.25, 0.3) is 0 Å². The molecule has 2 aromatic carbocycles. The molecule has 0 amide bonds. The molecule has 120 valence electrons. The topological polar surface area (TPSA) is 54.4 Å². The van der Waals surface area contributed by atoms with Gasteiger partial charge >= 0.3 is 21.2 Å². The van der Waals surface area contributed by atoms with Crippen molar-refractivity contribution in [2.75, 3.05) is 6.26 Å². The predicted octanol–water partition coefficient (Wildman–Crippen LogP) is 0.553. The van der Waals surface area contributed by atoms with E-state index in [0.29, 0.717) is 6.26 Å². The minimum atomic E-state index is -3.67. The molecule has 0 saturated carbocycles. The Kier molecular flexibility index (Phi) is 7.02. The molecule has 2 rings (SSSR count). The maximum atomic E-state index is 9.19. The number of aryl methyl sites for hydroxylation is 4. The molecule has 3 nitrogen and oxygen atoms in total. The summed E-state index contributed by atoms with van der Waals surface area (Å²) >= 11 is -0.0492. The molecular weight excluding hydrogens is 411 g/mol. The zero-order chi connectivity index (χ0) is 16.9. The summed E-state index contributed by atoms with van der Waals surface area (Å²) in [5.41, 5.74) is 5.72. The highest BCUT2D eigenvalue weighted by Gasteiger charge is 2.22. The van der Waals surface area contributed by atoms with E-state index in [1.165, 1.54) is 22.3 Å². The normalized spacial score (nSPS) is 10.8. The van der Waals surface area contributed by atoms with Crippen molar-refractivity contribution >= 4 is 10.1 Å². The largest absolute Gasteiger partial charge is 0.358 e. The van der Waals surface area contributed by atoms with Crippen LogP contribution in [0.2, 0.25) is 0 Å². The second-order valence-corrected chi connectivity index (χ2v) is 9.54. The summed E-state index contributed by atoms with van der Waals surface area (Å²) in [4.78, 5) is 0. The van der Waals surface area contributed by atoms with Crippen LogP contribution in [0, 0.1) is 34.8 Å². The first-order valence-electron chi connectivity index (χ1n) is 6.78. The third kappa shape index (κ3) is 6.89. The Labute approximate surface area is 143 Å². The van der Waals surface area contributed by atoms with Gasteiger partial charge in [-0.2, -0.15) is 8.42 Å². The average molecular weight is 433 g/mol. The number of hydrogen-bond donors (Lipinski definition) is 1. The fourth-order valence-electron chi connectivity index (χ4n) is 2.07. The van der Waals surface area contributed by atoms with Crippen LogP contribution in [0.1, 0.15) is 22.3 Å². The van der Waals surface area contributed by atoms with Crippen LogP contribution in [0.4, 0.5) is 0 Å². The second-order valence-electron chi connectivity index (χ2n) is 5.29. The van der Waals surface area contributed by atoms with Crippen molar-refractivity contribution in [3.05, 3.63) is 65.8 Å². The molecule has 0 unspecified atom stereocenters. The fraction of sp³-hybridized carbons (Fsp3) is 0.294. The summed E-state index contributed by atoms with van der Waals surface area (Å²) in [6, 6.07) is 13.4.